The molecule has 1 aromatic heterocycles. The van der Waals surface area contributed by atoms with Gasteiger partial charge in [-0.05, 0) is 24.1 Å². The minimum absolute atomic E-state index is 0.0728. The Kier molecular flexibility index (Phi) is 7.39. The maximum atomic E-state index is 11.6. The SMILES string of the molecule is COCOc1ccc(CCC(=O)COC)nc1Cc1ccccc1. The van der Waals surface area contributed by atoms with E-state index in [0.29, 0.717) is 25.0 Å². The van der Waals surface area contributed by atoms with E-state index >= 15 is 0 Å². The fraction of sp³-hybridized carbons (Fsp3) is 0.368. The molecule has 128 valence electrons. The van der Waals surface area contributed by atoms with E-state index in [1.54, 1.807) is 7.11 Å². The van der Waals surface area contributed by atoms with Crippen molar-refractivity contribution in [1.29, 1.82) is 0 Å². The maximum Gasteiger partial charge on any atom is 0.188 e. The number of ketones is 1. The highest BCUT2D eigenvalue weighted by molar-refractivity contribution is 5.79. The maximum absolute atomic E-state index is 11.6. The van der Waals surface area contributed by atoms with Crippen LogP contribution < -0.4 is 4.74 Å². The summed E-state index contributed by atoms with van der Waals surface area (Å²) in [5.41, 5.74) is 2.87. The van der Waals surface area contributed by atoms with Crippen molar-refractivity contribution in [3.05, 3.63) is 59.4 Å². The predicted molar refractivity (Wildman–Crippen MR) is 91.2 cm³/mol. The minimum Gasteiger partial charge on any atom is -0.466 e. The second-order valence-electron chi connectivity index (χ2n) is 5.43. The molecule has 0 unspecified atom stereocenters. The molecule has 1 aromatic carbocycles. The summed E-state index contributed by atoms with van der Waals surface area (Å²) in [4.78, 5) is 16.3. The molecule has 0 aliphatic carbocycles. The zero-order valence-electron chi connectivity index (χ0n) is 14.2. The zero-order valence-corrected chi connectivity index (χ0v) is 14.2. The summed E-state index contributed by atoms with van der Waals surface area (Å²) < 4.78 is 15.4. The van der Waals surface area contributed by atoms with Gasteiger partial charge in [0, 0.05) is 32.8 Å². The topological polar surface area (TPSA) is 57.7 Å². The lowest BCUT2D eigenvalue weighted by Gasteiger charge is -2.12. The summed E-state index contributed by atoms with van der Waals surface area (Å²) in [7, 11) is 3.11. The van der Waals surface area contributed by atoms with E-state index in [9.17, 15) is 4.79 Å². The average molecular weight is 329 g/mol. The standard InChI is InChI=1S/C19H23NO4/c1-22-13-17(21)10-8-16-9-11-19(24-14-23-2)18(20-16)12-15-6-4-3-5-7-15/h3-7,9,11H,8,10,12-14H2,1-2H3. The van der Waals surface area contributed by atoms with Gasteiger partial charge in [-0.3, -0.25) is 9.78 Å². The van der Waals surface area contributed by atoms with Crippen molar-refractivity contribution in [2.24, 2.45) is 0 Å². The summed E-state index contributed by atoms with van der Waals surface area (Å²) in [5.74, 6) is 0.774. The van der Waals surface area contributed by atoms with Gasteiger partial charge in [-0.2, -0.15) is 0 Å². The Hall–Kier alpha value is -2.24. The van der Waals surface area contributed by atoms with Crippen LogP contribution in [0.5, 0.6) is 5.75 Å². The molecule has 5 heteroatoms. The van der Waals surface area contributed by atoms with Crippen LogP contribution in [0.15, 0.2) is 42.5 Å². The van der Waals surface area contributed by atoms with Crippen LogP contribution in [-0.4, -0.2) is 38.4 Å². The molecule has 2 aromatic rings. The van der Waals surface area contributed by atoms with Gasteiger partial charge in [0.25, 0.3) is 0 Å². The summed E-state index contributed by atoms with van der Waals surface area (Å²) in [6.07, 6.45) is 1.68. The number of nitrogens with zero attached hydrogens (tertiary/aromatic N) is 1. The molecule has 5 nitrogen and oxygen atoms in total. The second-order valence-corrected chi connectivity index (χ2v) is 5.43. The van der Waals surface area contributed by atoms with Gasteiger partial charge in [-0.15, -0.1) is 0 Å². The molecule has 0 N–H and O–H groups in total. The van der Waals surface area contributed by atoms with E-state index in [4.69, 9.17) is 14.2 Å². The van der Waals surface area contributed by atoms with E-state index in [2.05, 4.69) is 17.1 Å². The first-order valence-corrected chi connectivity index (χ1v) is 7.88. The van der Waals surface area contributed by atoms with Crippen LogP contribution in [0.2, 0.25) is 0 Å². The summed E-state index contributed by atoms with van der Waals surface area (Å²) >= 11 is 0. The molecule has 24 heavy (non-hydrogen) atoms. The van der Waals surface area contributed by atoms with E-state index in [1.165, 1.54) is 7.11 Å². The van der Waals surface area contributed by atoms with Gasteiger partial charge in [0.2, 0.25) is 0 Å². The van der Waals surface area contributed by atoms with Crippen molar-refractivity contribution < 1.29 is 19.0 Å². The van der Waals surface area contributed by atoms with Gasteiger partial charge in [0.15, 0.2) is 12.6 Å². The quantitative estimate of drug-likeness (QED) is 0.627. The fourth-order valence-corrected chi connectivity index (χ4v) is 2.34. The van der Waals surface area contributed by atoms with Gasteiger partial charge in [-0.25, -0.2) is 0 Å². The second kappa shape index (κ2) is 9.80. The Morgan fingerprint density at radius 1 is 1.04 bits per heavy atom. The van der Waals surface area contributed by atoms with Crippen molar-refractivity contribution in [2.45, 2.75) is 19.3 Å². The smallest absolute Gasteiger partial charge is 0.188 e. The number of Topliss-reactive ketones (excluding diaryl/α,β-unsaturated/α-hetero) is 1. The van der Waals surface area contributed by atoms with Crippen LogP contribution in [0, 0.1) is 0 Å². The highest BCUT2D eigenvalue weighted by Crippen LogP contribution is 2.21. The van der Waals surface area contributed by atoms with Gasteiger partial charge in [0.05, 0.1) is 5.69 Å². The lowest BCUT2D eigenvalue weighted by Crippen LogP contribution is -2.09. The highest BCUT2D eigenvalue weighted by atomic mass is 16.7. The Morgan fingerprint density at radius 3 is 2.54 bits per heavy atom. The zero-order chi connectivity index (χ0) is 17.2. The number of benzene rings is 1. The first-order chi connectivity index (χ1) is 11.7. The third kappa shape index (κ3) is 5.76. The predicted octanol–water partition coefficient (Wildman–Crippen LogP) is 2.80. The van der Waals surface area contributed by atoms with E-state index in [-0.39, 0.29) is 19.2 Å². The molecule has 1 heterocycles. The normalized spacial score (nSPS) is 10.6. The first-order valence-electron chi connectivity index (χ1n) is 7.88. The number of rotatable bonds is 10. The number of carbonyl (C=O) groups is 1. The number of pyridine rings is 1. The molecule has 2 rings (SSSR count). The number of hydrogen-bond donors (Lipinski definition) is 0. The van der Waals surface area contributed by atoms with Crippen LogP contribution in [-0.2, 0) is 27.1 Å². The summed E-state index contributed by atoms with van der Waals surface area (Å²) in [6, 6.07) is 13.9. The lowest BCUT2D eigenvalue weighted by molar-refractivity contribution is -0.122. The van der Waals surface area contributed by atoms with Gasteiger partial charge in [-0.1, -0.05) is 30.3 Å². The van der Waals surface area contributed by atoms with Crippen molar-refractivity contribution in [3.63, 3.8) is 0 Å². The molecule has 0 aliphatic rings. The molecule has 0 radical (unpaired) electrons. The molecule has 0 saturated heterocycles. The Labute approximate surface area is 142 Å². The van der Waals surface area contributed by atoms with E-state index < -0.39 is 0 Å². The third-order valence-electron chi connectivity index (χ3n) is 3.50. The van der Waals surface area contributed by atoms with Crippen LogP contribution in [0.1, 0.15) is 23.4 Å². The highest BCUT2D eigenvalue weighted by Gasteiger charge is 2.10. The van der Waals surface area contributed by atoms with Crippen molar-refractivity contribution in [1.82, 2.24) is 4.98 Å². The van der Waals surface area contributed by atoms with Crippen molar-refractivity contribution >= 4 is 5.78 Å². The summed E-state index contributed by atoms with van der Waals surface area (Å²) in [6.45, 7) is 0.320. The molecular weight excluding hydrogens is 306 g/mol. The number of methoxy groups -OCH3 is 2. The molecule has 0 spiro atoms. The van der Waals surface area contributed by atoms with Gasteiger partial charge in [0.1, 0.15) is 12.4 Å². The van der Waals surface area contributed by atoms with Crippen LogP contribution in [0.25, 0.3) is 0 Å². The minimum atomic E-state index is 0.0728. The first kappa shape index (κ1) is 18.1. The molecule has 0 bridgehead atoms. The molecule has 0 aliphatic heterocycles. The van der Waals surface area contributed by atoms with Crippen LogP contribution in [0.3, 0.4) is 0 Å². The monoisotopic (exact) mass is 329 g/mol. The van der Waals surface area contributed by atoms with Gasteiger partial charge >= 0.3 is 0 Å². The number of ether oxygens (including phenoxy) is 3. The van der Waals surface area contributed by atoms with E-state index in [1.807, 2.05) is 30.3 Å². The molecular formula is C19H23NO4. The largest absolute Gasteiger partial charge is 0.466 e. The molecule has 0 saturated carbocycles. The Bertz CT molecular complexity index is 643. The number of aryl methyl sites for hydroxylation is 1. The van der Waals surface area contributed by atoms with Gasteiger partial charge < -0.3 is 14.2 Å². The lowest BCUT2D eigenvalue weighted by atomic mass is 10.1. The molecule has 0 amide bonds. The fourth-order valence-electron chi connectivity index (χ4n) is 2.34. The van der Waals surface area contributed by atoms with Crippen LogP contribution >= 0.6 is 0 Å². The van der Waals surface area contributed by atoms with E-state index in [0.717, 1.165) is 17.0 Å². The Morgan fingerprint density at radius 2 is 1.83 bits per heavy atom. The number of hydrogen-bond acceptors (Lipinski definition) is 5. The van der Waals surface area contributed by atoms with Crippen molar-refractivity contribution in [3.8, 4) is 5.75 Å². The molecule has 0 atom stereocenters. The number of carbonyl (C=O) groups excluding carboxylic acids is 1. The molecule has 0 fully saturated rings. The summed E-state index contributed by atoms with van der Waals surface area (Å²) in [5, 5.41) is 0. The number of aromatic nitrogens is 1. The van der Waals surface area contributed by atoms with Crippen LogP contribution in [0.4, 0.5) is 0 Å². The average Bonchev–Trinajstić information content (AvgIpc) is 2.60. The third-order valence-corrected chi connectivity index (χ3v) is 3.50. The van der Waals surface area contributed by atoms with Crippen molar-refractivity contribution in [2.75, 3.05) is 27.6 Å². The Balaban J connectivity index is 2.13.